The van der Waals surface area contributed by atoms with Crippen molar-refractivity contribution in [1.82, 2.24) is 13.9 Å². The summed E-state index contributed by atoms with van der Waals surface area (Å²) >= 11 is 11.9. The summed E-state index contributed by atoms with van der Waals surface area (Å²) in [6, 6.07) is 6.63. The van der Waals surface area contributed by atoms with Gasteiger partial charge in [0.1, 0.15) is 11.7 Å². The lowest BCUT2D eigenvalue weighted by molar-refractivity contribution is -0.143. The van der Waals surface area contributed by atoms with Crippen LogP contribution in [0.25, 0.3) is 0 Å². The van der Waals surface area contributed by atoms with Gasteiger partial charge in [-0.15, -0.1) is 0 Å². The van der Waals surface area contributed by atoms with Crippen LogP contribution in [0.5, 0.6) is 0 Å². The van der Waals surface area contributed by atoms with E-state index >= 15 is 0 Å². The van der Waals surface area contributed by atoms with E-state index in [1.807, 2.05) is 0 Å². The fraction of sp³-hybridized carbons (Fsp3) is 0.333. The first kappa shape index (κ1) is 19.7. The highest BCUT2D eigenvalue weighted by molar-refractivity contribution is 7.89. The quantitative estimate of drug-likeness (QED) is 0.660. The van der Waals surface area contributed by atoms with Crippen LogP contribution in [0.15, 0.2) is 35.6 Å². The van der Waals surface area contributed by atoms with Gasteiger partial charge in [-0.3, -0.25) is 4.79 Å². The lowest BCUT2D eigenvalue weighted by Crippen LogP contribution is -2.36. The summed E-state index contributed by atoms with van der Waals surface area (Å²) in [5.41, 5.74) is 0.657. The smallest absolute Gasteiger partial charge is 0.321 e. The molecule has 7 nitrogen and oxygen atoms in total. The van der Waals surface area contributed by atoms with Gasteiger partial charge in [-0.1, -0.05) is 35.3 Å². The molecule has 0 fully saturated rings. The molecule has 0 aliphatic heterocycles. The number of hydrogen-bond acceptors (Lipinski definition) is 5. The molecule has 0 atom stereocenters. The van der Waals surface area contributed by atoms with Gasteiger partial charge in [0.05, 0.1) is 12.9 Å². The minimum atomic E-state index is -4.10. The van der Waals surface area contributed by atoms with Crippen molar-refractivity contribution in [2.45, 2.75) is 18.5 Å². The van der Waals surface area contributed by atoms with Crippen LogP contribution in [-0.2, 0) is 33.1 Å². The number of aromatic nitrogens is 2. The second kappa shape index (κ2) is 8.18. The molecule has 1 aromatic heterocycles. The Morgan fingerprint density at radius 2 is 1.92 bits per heavy atom. The number of esters is 1. The van der Waals surface area contributed by atoms with Crippen LogP contribution < -0.4 is 0 Å². The van der Waals surface area contributed by atoms with Crippen molar-refractivity contribution in [3.63, 3.8) is 0 Å². The van der Waals surface area contributed by atoms with Gasteiger partial charge >= 0.3 is 5.97 Å². The first-order valence-electron chi connectivity index (χ1n) is 7.32. The molecule has 0 saturated carbocycles. The predicted molar refractivity (Wildman–Crippen MR) is 93.9 cm³/mol. The molecule has 0 spiro atoms. The van der Waals surface area contributed by atoms with Crippen LogP contribution in [0.1, 0.15) is 12.5 Å². The molecule has 0 bridgehead atoms. The summed E-state index contributed by atoms with van der Waals surface area (Å²) in [6.45, 7) is 1.29. The van der Waals surface area contributed by atoms with Gasteiger partial charge in [0.2, 0.25) is 5.03 Å². The van der Waals surface area contributed by atoms with Crippen molar-refractivity contribution < 1.29 is 17.9 Å². The van der Waals surface area contributed by atoms with E-state index in [2.05, 4.69) is 4.98 Å². The molecule has 25 heavy (non-hydrogen) atoms. The second-order valence-corrected chi connectivity index (χ2v) is 7.80. The minimum absolute atomic E-state index is 0.0371. The molecule has 136 valence electrons. The van der Waals surface area contributed by atoms with Crippen LogP contribution >= 0.6 is 23.2 Å². The summed E-state index contributed by atoms with van der Waals surface area (Å²) in [4.78, 5) is 15.7. The van der Waals surface area contributed by atoms with Gasteiger partial charge in [0.15, 0.2) is 0 Å². The highest BCUT2D eigenvalue weighted by Gasteiger charge is 2.32. The van der Waals surface area contributed by atoms with Crippen molar-refractivity contribution in [2.24, 2.45) is 7.05 Å². The summed E-state index contributed by atoms with van der Waals surface area (Å²) in [5, 5.41) is 0.177. The normalized spacial score (nSPS) is 11.7. The van der Waals surface area contributed by atoms with Crippen LogP contribution in [0.4, 0.5) is 0 Å². The third-order valence-electron chi connectivity index (χ3n) is 3.30. The van der Waals surface area contributed by atoms with Crippen molar-refractivity contribution in [3.05, 3.63) is 46.3 Å². The molecule has 10 heteroatoms. The molecule has 0 unspecified atom stereocenters. The largest absolute Gasteiger partial charge is 0.465 e. The molecule has 2 rings (SSSR count). The molecule has 0 aliphatic carbocycles. The summed E-state index contributed by atoms with van der Waals surface area (Å²) in [7, 11) is -2.52. The van der Waals surface area contributed by atoms with Crippen LogP contribution in [0.3, 0.4) is 0 Å². The molecule has 1 heterocycles. The summed E-state index contributed by atoms with van der Waals surface area (Å²) in [5.74, 6) is -0.660. The maximum Gasteiger partial charge on any atom is 0.321 e. The molecule has 0 aliphatic rings. The molecule has 0 saturated heterocycles. The Morgan fingerprint density at radius 3 is 2.44 bits per heavy atom. The van der Waals surface area contributed by atoms with Gasteiger partial charge in [-0.2, -0.15) is 4.31 Å². The van der Waals surface area contributed by atoms with Crippen LogP contribution in [0, 0.1) is 0 Å². The zero-order chi connectivity index (χ0) is 18.6. The Morgan fingerprint density at radius 1 is 1.28 bits per heavy atom. The number of halogens is 2. The van der Waals surface area contributed by atoms with Crippen molar-refractivity contribution in [2.75, 3.05) is 13.2 Å². The maximum atomic E-state index is 12.9. The van der Waals surface area contributed by atoms with E-state index in [4.69, 9.17) is 27.9 Å². The Labute approximate surface area is 156 Å². The standard InChI is InChI=1S/C15H17Cl2N3O4S/c1-3-24-13(21)9-20(8-11-4-6-12(16)7-5-11)25(22,23)15-14(17)19(2)10-18-15/h4-7,10H,3,8-9H2,1-2H3. The van der Waals surface area contributed by atoms with E-state index in [0.717, 1.165) is 4.31 Å². The second-order valence-electron chi connectivity index (χ2n) is 5.16. The zero-order valence-corrected chi connectivity index (χ0v) is 16.0. The van der Waals surface area contributed by atoms with Crippen LogP contribution in [0.2, 0.25) is 10.2 Å². The highest BCUT2D eigenvalue weighted by atomic mass is 35.5. The number of imidazole rings is 1. The van der Waals surface area contributed by atoms with Gasteiger partial charge in [-0.05, 0) is 24.6 Å². The molecular formula is C15H17Cl2N3O4S. The number of hydrogen-bond donors (Lipinski definition) is 0. The average molecular weight is 406 g/mol. The first-order valence-corrected chi connectivity index (χ1v) is 9.52. The SMILES string of the molecule is CCOC(=O)CN(Cc1ccc(Cl)cc1)S(=O)(=O)c1ncn(C)c1Cl. The van der Waals surface area contributed by atoms with Gasteiger partial charge in [0.25, 0.3) is 10.0 Å². The van der Waals surface area contributed by atoms with Crippen molar-refractivity contribution in [3.8, 4) is 0 Å². The number of ether oxygens (including phenoxy) is 1. The van der Waals surface area contributed by atoms with E-state index in [9.17, 15) is 13.2 Å². The predicted octanol–water partition coefficient (Wildman–Crippen LogP) is 2.48. The third kappa shape index (κ3) is 4.72. The number of benzene rings is 1. The average Bonchev–Trinajstić information content (AvgIpc) is 2.89. The molecule has 1 aromatic carbocycles. The monoisotopic (exact) mass is 405 g/mol. The lowest BCUT2D eigenvalue weighted by Gasteiger charge is -2.20. The first-order chi connectivity index (χ1) is 11.8. The van der Waals surface area contributed by atoms with Crippen LogP contribution in [-0.4, -0.2) is 41.4 Å². The molecular weight excluding hydrogens is 389 g/mol. The van der Waals surface area contributed by atoms with Crippen molar-refractivity contribution in [1.29, 1.82) is 0 Å². The third-order valence-corrected chi connectivity index (χ3v) is 5.84. The fourth-order valence-corrected chi connectivity index (χ4v) is 3.95. The zero-order valence-electron chi connectivity index (χ0n) is 13.6. The molecule has 0 N–H and O–H groups in total. The highest BCUT2D eigenvalue weighted by Crippen LogP contribution is 2.24. The number of sulfonamides is 1. The van der Waals surface area contributed by atoms with E-state index < -0.39 is 22.5 Å². The van der Waals surface area contributed by atoms with Gasteiger partial charge < -0.3 is 9.30 Å². The molecule has 0 amide bonds. The Kier molecular flexibility index (Phi) is 6.45. The topological polar surface area (TPSA) is 81.5 Å². The number of aryl methyl sites for hydroxylation is 1. The fourth-order valence-electron chi connectivity index (χ4n) is 2.06. The number of nitrogens with zero attached hydrogens (tertiary/aromatic N) is 3. The van der Waals surface area contributed by atoms with Gasteiger partial charge in [0, 0.05) is 18.6 Å². The Balaban J connectivity index is 2.37. The number of carbonyl (C=O) groups is 1. The van der Waals surface area contributed by atoms with E-state index in [1.54, 1.807) is 38.2 Å². The molecule has 0 radical (unpaired) electrons. The van der Waals surface area contributed by atoms with Gasteiger partial charge in [-0.25, -0.2) is 13.4 Å². The van der Waals surface area contributed by atoms with Crippen molar-refractivity contribution >= 4 is 39.2 Å². The van der Waals surface area contributed by atoms with E-state index in [0.29, 0.717) is 10.6 Å². The van der Waals surface area contributed by atoms with E-state index in [-0.39, 0.29) is 23.3 Å². The number of rotatable bonds is 7. The lowest BCUT2D eigenvalue weighted by atomic mass is 10.2. The van der Waals surface area contributed by atoms with E-state index in [1.165, 1.54) is 10.9 Å². The number of carbonyl (C=O) groups excluding carboxylic acids is 1. The Bertz CT molecular complexity index is 850. The maximum absolute atomic E-state index is 12.9. The summed E-state index contributed by atoms with van der Waals surface area (Å²) in [6.07, 6.45) is 1.29. The summed E-state index contributed by atoms with van der Waals surface area (Å²) < 4.78 is 33.0. The minimum Gasteiger partial charge on any atom is -0.465 e. The molecule has 2 aromatic rings. The Hall–Kier alpha value is -1.61.